The van der Waals surface area contributed by atoms with E-state index in [2.05, 4.69) is 37.1 Å². The van der Waals surface area contributed by atoms with Crippen molar-refractivity contribution in [1.82, 2.24) is 4.90 Å². The van der Waals surface area contributed by atoms with Gasteiger partial charge in [0.05, 0.1) is 7.11 Å². The quantitative estimate of drug-likeness (QED) is 0.838. The number of hydrogen-bond acceptors (Lipinski definition) is 3. The minimum Gasteiger partial charge on any atom is -0.496 e. The summed E-state index contributed by atoms with van der Waals surface area (Å²) in [5, 5.41) is 0. The molecule has 0 bridgehead atoms. The van der Waals surface area contributed by atoms with Gasteiger partial charge in [0.2, 0.25) is 0 Å². The number of ether oxygens (including phenoxy) is 1. The van der Waals surface area contributed by atoms with Gasteiger partial charge in [-0.05, 0) is 43.5 Å². The van der Waals surface area contributed by atoms with E-state index in [1.165, 1.54) is 24.0 Å². The van der Waals surface area contributed by atoms with Crippen LogP contribution in [0.5, 0.6) is 5.75 Å². The third-order valence-corrected chi connectivity index (χ3v) is 3.66. The maximum atomic E-state index is 6.14. The number of methoxy groups -OCH3 is 1. The minimum absolute atomic E-state index is 0.0921. The Balaban J connectivity index is 2.00. The predicted octanol–water partition coefficient (Wildman–Crippen LogP) is 2.18. The Morgan fingerprint density at radius 1 is 1.39 bits per heavy atom. The van der Waals surface area contributed by atoms with E-state index in [-0.39, 0.29) is 5.54 Å². The zero-order valence-electron chi connectivity index (χ0n) is 11.7. The summed E-state index contributed by atoms with van der Waals surface area (Å²) in [6.45, 7) is 4.10. The molecule has 1 aliphatic carbocycles. The molecule has 100 valence electrons. The molecule has 0 heterocycles. The summed E-state index contributed by atoms with van der Waals surface area (Å²) in [4.78, 5) is 2.31. The molecule has 0 aromatic heterocycles. The van der Waals surface area contributed by atoms with Crippen molar-refractivity contribution < 1.29 is 4.74 Å². The molecule has 1 aromatic carbocycles. The first-order valence-corrected chi connectivity index (χ1v) is 6.69. The molecular formula is C15H24N2O. The summed E-state index contributed by atoms with van der Waals surface area (Å²) in [5.74, 6) is 0.987. The predicted molar refractivity (Wildman–Crippen MR) is 74.9 cm³/mol. The molecule has 0 unspecified atom stereocenters. The van der Waals surface area contributed by atoms with E-state index in [1.807, 2.05) is 0 Å². The van der Waals surface area contributed by atoms with Gasteiger partial charge >= 0.3 is 0 Å². The van der Waals surface area contributed by atoms with Crippen molar-refractivity contribution in [2.45, 2.75) is 38.3 Å². The van der Waals surface area contributed by atoms with E-state index in [9.17, 15) is 0 Å². The van der Waals surface area contributed by atoms with Crippen LogP contribution >= 0.6 is 0 Å². The van der Waals surface area contributed by atoms with Crippen LogP contribution in [-0.4, -0.2) is 31.1 Å². The third-order valence-electron chi connectivity index (χ3n) is 3.66. The molecule has 0 radical (unpaired) electrons. The van der Waals surface area contributed by atoms with Crippen LogP contribution in [0.25, 0.3) is 0 Å². The number of aryl methyl sites for hydroxylation is 1. The van der Waals surface area contributed by atoms with Crippen molar-refractivity contribution in [2.75, 3.05) is 20.7 Å². The van der Waals surface area contributed by atoms with Gasteiger partial charge in [0, 0.05) is 18.6 Å². The van der Waals surface area contributed by atoms with Gasteiger partial charge in [0.25, 0.3) is 0 Å². The lowest BCUT2D eigenvalue weighted by atomic mass is 10.1. The second-order valence-electron chi connectivity index (χ2n) is 5.53. The fraction of sp³-hybridized carbons (Fsp3) is 0.600. The van der Waals surface area contributed by atoms with Gasteiger partial charge < -0.3 is 15.4 Å². The minimum atomic E-state index is 0.0921. The Labute approximate surface area is 110 Å². The van der Waals surface area contributed by atoms with Gasteiger partial charge in [0.15, 0.2) is 0 Å². The fourth-order valence-corrected chi connectivity index (χ4v) is 2.43. The maximum Gasteiger partial charge on any atom is 0.122 e. The number of hydrogen-bond donors (Lipinski definition) is 1. The molecule has 1 aromatic rings. The molecule has 0 amide bonds. The highest BCUT2D eigenvalue weighted by molar-refractivity contribution is 5.37. The van der Waals surface area contributed by atoms with Crippen molar-refractivity contribution in [2.24, 2.45) is 5.73 Å². The van der Waals surface area contributed by atoms with Crippen molar-refractivity contribution >= 4 is 0 Å². The average Bonchev–Trinajstić information content (AvgIpc) is 3.06. The van der Waals surface area contributed by atoms with Crippen molar-refractivity contribution in [3.63, 3.8) is 0 Å². The number of nitrogens with two attached hydrogens (primary N) is 1. The molecule has 1 aliphatic rings. The first kappa shape index (κ1) is 13.4. The highest BCUT2D eigenvalue weighted by Gasteiger charge is 2.38. The van der Waals surface area contributed by atoms with E-state index < -0.39 is 0 Å². The zero-order valence-corrected chi connectivity index (χ0v) is 11.7. The summed E-state index contributed by atoms with van der Waals surface area (Å²) in [7, 11) is 3.87. The van der Waals surface area contributed by atoms with Crippen LogP contribution < -0.4 is 10.5 Å². The van der Waals surface area contributed by atoms with Crippen LogP contribution in [-0.2, 0) is 13.0 Å². The molecule has 2 rings (SSSR count). The largest absolute Gasteiger partial charge is 0.496 e. The number of rotatable bonds is 6. The summed E-state index contributed by atoms with van der Waals surface area (Å²) in [5.41, 5.74) is 8.84. The van der Waals surface area contributed by atoms with Crippen LogP contribution in [0.1, 0.15) is 30.9 Å². The highest BCUT2D eigenvalue weighted by Crippen LogP contribution is 2.33. The Kier molecular flexibility index (Phi) is 3.93. The van der Waals surface area contributed by atoms with Crippen LogP contribution in [0, 0.1) is 0 Å². The van der Waals surface area contributed by atoms with Gasteiger partial charge in [-0.15, -0.1) is 0 Å². The van der Waals surface area contributed by atoms with Gasteiger partial charge in [-0.3, -0.25) is 0 Å². The normalized spacial score (nSPS) is 16.9. The second kappa shape index (κ2) is 5.29. The van der Waals surface area contributed by atoms with E-state index in [1.54, 1.807) is 7.11 Å². The Morgan fingerprint density at radius 3 is 2.67 bits per heavy atom. The lowest BCUT2D eigenvalue weighted by molar-refractivity contribution is 0.295. The number of benzene rings is 1. The molecule has 0 saturated heterocycles. The van der Waals surface area contributed by atoms with Crippen molar-refractivity contribution in [3.05, 3.63) is 29.3 Å². The van der Waals surface area contributed by atoms with Crippen molar-refractivity contribution in [3.8, 4) is 5.75 Å². The molecular weight excluding hydrogens is 224 g/mol. The molecule has 0 spiro atoms. The lowest BCUT2D eigenvalue weighted by Crippen LogP contribution is -2.36. The first-order chi connectivity index (χ1) is 8.56. The van der Waals surface area contributed by atoms with E-state index in [0.717, 1.165) is 25.3 Å². The third kappa shape index (κ3) is 3.24. The van der Waals surface area contributed by atoms with Crippen LogP contribution in [0.3, 0.4) is 0 Å². The molecule has 3 nitrogen and oxygen atoms in total. The number of likely N-dealkylation sites (N-methyl/N-ethyl adjacent to an activating group) is 1. The topological polar surface area (TPSA) is 38.5 Å². The highest BCUT2D eigenvalue weighted by atomic mass is 16.5. The monoisotopic (exact) mass is 248 g/mol. The van der Waals surface area contributed by atoms with E-state index in [0.29, 0.717) is 0 Å². The Bertz CT molecular complexity index is 413. The van der Waals surface area contributed by atoms with Gasteiger partial charge in [-0.1, -0.05) is 19.1 Å². The van der Waals surface area contributed by atoms with E-state index in [4.69, 9.17) is 10.5 Å². The van der Waals surface area contributed by atoms with Crippen LogP contribution in [0.15, 0.2) is 18.2 Å². The lowest BCUT2D eigenvalue weighted by Gasteiger charge is -2.21. The smallest absolute Gasteiger partial charge is 0.122 e. The number of nitrogens with zero attached hydrogens (tertiary/aromatic N) is 1. The van der Waals surface area contributed by atoms with Crippen LogP contribution in [0.4, 0.5) is 0 Å². The Hall–Kier alpha value is -1.06. The van der Waals surface area contributed by atoms with Gasteiger partial charge in [-0.2, -0.15) is 0 Å². The van der Waals surface area contributed by atoms with Gasteiger partial charge in [0.1, 0.15) is 5.75 Å². The maximum absolute atomic E-state index is 6.14. The summed E-state index contributed by atoms with van der Waals surface area (Å²) in [6.07, 6.45) is 3.34. The molecule has 1 saturated carbocycles. The van der Waals surface area contributed by atoms with Gasteiger partial charge in [-0.25, -0.2) is 0 Å². The Morgan fingerprint density at radius 2 is 2.11 bits per heavy atom. The van der Waals surface area contributed by atoms with Crippen LogP contribution in [0.2, 0.25) is 0 Å². The molecule has 18 heavy (non-hydrogen) atoms. The molecule has 0 aliphatic heterocycles. The zero-order chi connectivity index (χ0) is 13.2. The SMILES string of the molecule is CCc1cc(CN(C)CC2(N)CC2)ccc1OC. The van der Waals surface area contributed by atoms with E-state index >= 15 is 0 Å². The van der Waals surface area contributed by atoms with Crippen molar-refractivity contribution in [1.29, 1.82) is 0 Å². The average molecular weight is 248 g/mol. The summed E-state index contributed by atoms with van der Waals surface area (Å²) in [6, 6.07) is 6.45. The fourth-order valence-electron chi connectivity index (χ4n) is 2.43. The summed E-state index contributed by atoms with van der Waals surface area (Å²) < 4.78 is 5.35. The molecule has 2 N–H and O–H groups in total. The molecule has 1 fully saturated rings. The first-order valence-electron chi connectivity index (χ1n) is 6.69. The standard InChI is InChI=1S/C15H24N2O/c1-4-13-9-12(5-6-14(13)18-3)10-17(2)11-15(16)7-8-15/h5-6,9H,4,7-8,10-11,16H2,1-3H3. The summed E-state index contributed by atoms with van der Waals surface area (Å²) >= 11 is 0. The molecule has 3 heteroatoms. The molecule has 0 atom stereocenters. The second-order valence-corrected chi connectivity index (χ2v) is 5.53.